The smallest absolute Gasteiger partial charge is 0.333 e. The Hall–Kier alpha value is -2.41. The number of nitrogens with zero attached hydrogens (tertiary/aromatic N) is 1. The maximum Gasteiger partial charge on any atom is 0.333 e. The lowest BCUT2D eigenvalue weighted by Crippen LogP contribution is -2.16. The summed E-state index contributed by atoms with van der Waals surface area (Å²) in [6, 6.07) is 0. The van der Waals surface area contributed by atoms with Crippen LogP contribution in [-0.4, -0.2) is 48.6 Å². The van der Waals surface area contributed by atoms with Crippen molar-refractivity contribution in [1.82, 2.24) is 4.90 Å². The van der Waals surface area contributed by atoms with Crippen molar-refractivity contribution in [2.24, 2.45) is 0 Å². The molecule has 2 rings (SSSR count). The van der Waals surface area contributed by atoms with Gasteiger partial charge in [0.15, 0.2) is 0 Å². The van der Waals surface area contributed by atoms with E-state index in [0.717, 1.165) is 19.2 Å². The molecule has 134 valence electrons. The van der Waals surface area contributed by atoms with Gasteiger partial charge >= 0.3 is 11.9 Å². The molecule has 2 heterocycles. The second-order valence-electron chi connectivity index (χ2n) is 4.98. The zero-order valence-electron chi connectivity index (χ0n) is 14.3. The third kappa shape index (κ3) is 11.2. The van der Waals surface area contributed by atoms with E-state index >= 15 is 0 Å². The van der Waals surface area contributed by atoms with Crippen LogP contribution in [0.25, 0.3) is 0 Å². The quantitative estimate of drug-likeness (QED) is 0.329. The van der Waals surface area contributed by atoms with Gasteiger partial charge in [0, 0.05) is 25.5 Å². The largest absolute Gasteiger partial charge is 0.459 e. The molecular formula is C17H25NO6. The lowest BCUT2D eigenvalue weighted by molar-refractivity contribution is -0.139. The zero-order valence-corrected chi connectivity index (χ0v) is 14.3. The Balaban J connectivity index is 0.000000343. The summed E-state index contributed by atoms with van der Waals surface area (Å²) in [4.78, 5) is 32.8. The van der Waals surface area contributed by atoms with Gasteiger partial charge in [0.2, 0.25) is 5.91 Å². The highest BCUT2D eigenvalue weighted by Gasteiger charge is 2.24. The molecule has 0 aromatic carbocycles. The van der Waals surface area contributed by atoms with Crippen LogP contribution in [0.3, 0.4) is 0 Å². The van der Waals surface area contributed by atoms with E-state index in [-0.39, 0.29) is 23.9 Å². The predicted octanol–water partition coefficient (Wildman–Crippen LogP) is 1.95. The minimum atomic E-state index is -0.337. The molecule has 2 saturated heterocycles. The highest BCUT2D eigenvalue weighted by atomic mass is 16.6. The van der Waals surface area contributed by atoms with E-state index in [1.807, 2.05) is 0 Å². The first kappa shape index (κ1) is 21.6. The SMILES string of the molecule is C=C(C)C(=O)OCC1CO1.C=CN1CCCC1=O.C=COC(C)=O. The van der Waals surface area contributed by atoms with Crippen LogP contribution < -0.4 is 0 Å². The summed E-state index contributed by atoms with van der Waals surface area (Å²) >= 11 is 0. The molecule has 2 aliphatic heterocycles. The fraction of sp³-hybridized carbons (Fsp3) is 0.471. The van der Waals surface area contributed by atoms with Crippen LogP contribution in [-0.2, 0) is 28.6 Å². The van der Waals surface area contributed by atoms with E-state index in [4.69, 9.17) is 9.47 Å². The van der Waals surface area contributed by atoms with Gasteiger partial charge in [-0.3, -0.25) is 9.59 Å². The summed E-state index contributed by atoms with van der Waals surface area (Å²) in [5.74, 6) is -0.458. The summed E-state index contributed by atoms with van der Waals surface area (Å²) in [6.45, 7) is 15.0. The minimum absolute atomic E-state index is 0.142. The standard InChI is InChI=1S/C7H10O3.C6H9NO.C4H6O2/c1-5(2)7(8)10-4-6-3-9-6;1-2-7-5-3-4-6(7)8;1-3-6-4(2)5/h6H,1,3-4H2,2H3;2H,1,3-5H2;3H,1H2,2H3. The maximum absolute atomic E-state index is 10.7. The summed E-state index contributed by atoms with van der Waals surface area (Å²) in [6.07, 6.45) is 4.53. The monoisotopic (exact) mass is 339 g/mol. The van der Waals surface area contributed by atoms with Crippen LogP contribution in [0.2, 0.25) is 0 Å². The number of rotatable bonds is 5. The van der Waals surface area contributed by atoms with Crippen molar-refractivity contribution in [2.45, 2.75) is 32.8 Å². The van der Waals surface area contributed by atoms with Gasteiger partial charge in [0.25, 0.3) is 0 Å². The van der Waals surface area contributed by atoms with Gasteiger partial charge < -0.3 is 19.1 Å². The summed E-state index contributed by atoms with van der Waals surface area (Å²) in [7, 11) is 0. The zero-order chi connectivity index (χ0) is 18.5. The minimum Gasteiger partial charge on any atom is -0.459 e. The fourth-order valence-corrected chi connectivity index (χ4v) is 1.44. The molecule has 1 amide bonds. The first-order valence-corrected chi connectivity index (χ1v) is 7.46. The van der Waals surface area contributed by atoms with Crippen LogP contribution >= 0.6 is 0 Å². The van der Waals surface area contributed by atoms with E-state index in [0.29, 0.717) is 25.2 Å². The van der Waals surface area contributed by atoms with E-state index in [9.17, 15) is 14.4 Å². The molecule has 0 N–H and O–H groups in total. The van der Waals surface area contributed by atoms with Gasteiger partial charge in [-0.2, -0.15) is 0 Å². The van der Waals surface area contributed by atoms with Crippen molar-refractivity contribution in [3.63, 3.8) is 0 Å². The number of likely N-dealkylation sites (tertiary alicyclic amines) is 1. The number of carbonyl (C=O) groups is 3. The number of amides is 1. The average Bonchev–Trinajstić information content (AvgIpc) is 3.26. The van der Waals surface area contributed by atoms with E-state index < -0.39 is 0 Å². The molecule has 0 bridgehead atoms. The topological polar surface area (TPSA) is 85.4 Å². The summed E-state index contributed by atoms with van der Waals surface area (Å²) < 4.78 is 13.8. The van der Waals surface area contributed by atoms with Gasteiger partial charge in [0.1, 0.15) is 12.7 Å². The summed E-state index contributed by atoms with van der Waals surface area (Å²) in [5.41, 5.74) is 0.431. The van der Waals surface area contributed by atoms with Crippen LogP contribution in [0, 0.1) is 0 Å². The average molecular weight is 339 g/mol. The van der Waals surface area contributed by atoms with E-state index in [1.165, 1.54) is 6.92 Å². The van der Waals surface area contributed by atoms with Gasteiger partial charge in [-0.15, -0.1) is 0 Å². The number of carbonyl (C=O) groups excluding carboxylic acids is 3. The summed E-state index contributed by atoms with van der Waals surface area (Å²) in [5, 5.41) is 0. The fourth-order valence-electron chi connectivity index (χ4n) is 1.44. The number of ether oxygens (including phenoxy) is 3. The van der Waals surface area contributed by atoms with Crippen molar-refractivity contribution >= 4 is 17.8 Å². The Morgan fingerprint density at radius 2 is 2.00 bits per heavy atom. The molecular weight excluding hydrogens is 314 g/mol. The van der Waals surface area contributed by atoms with Crippen LogP contribution in [0.5, 0.6) is 0 Å². The number of hydrogen-bond acceptors (Lipinski definition) is 6. The molecule has 2 aliphatic rings. The molecule has 0 spiro atoms. The molecule has 0 aromatic rings. The molecule has 7 nitrogen and oxygen atoms in total. The van der Waals surface area contributed by atoms with E-state index in [2.05, 4.69) is 24.5 Å². The van der Waals surface area contributed by atoms with Crippen LogP contribution in [0.15, 0.2) is 37.8 Å². The first-order valence-electron chi connectivity index (χ1n) is 7.46. The Morgan fingerprint density at radius 1 is 1.38 bits per heavy atom. The van der Waals surface area contributed by atoms with Gasteiger partial charge in [0.05, 0.1) is 12.9 Å². The molecule has 0 aliphatic carbocycles. The molecule has 7 heteroatoms. The van der Waals surface area contributed by atoms with Crippen molar-refractivity contribution in [1.29, 1.82) is 0 Å². The molecule has 24 heavy (non-hydrogen) atoms. The van der Waals surface area contributed by atoms with Gasteiger partial charge in [-0.25, -0.2) is 4.79 Å². The molecule has 0 aromatic heterocycles. The Labute approximate surface area is 142 Å². The van der Waals surface area contributed by atoms with Crippen LogP contribution in [0.1, 0.15) is 26.7 Å². The highest BCUT2D eigenvalue weighted by molar-refractivity contribution is 5.86. The first-order chi connectivity index (χ1) is 11.3. The second-order valence-corrected chi connectivity index (χ2v) is 4.98. The lowest BCUT2D eigenvalue weighted by atomic mass is 10.4. The Bertz CT molecular complexity index is 481. The number of esters is 2. The van der Waals surface area contributed by atoms with Crippen molar-refractivity contribution in [2.75, 3.05) is 19.8 Å². The molecule has 1 atom stereocenters. The van der Waals surface area contributed by atoms with Crippen molar-refractivity contribution < 1.29 is 28.6 Å². The predicted molar refractivity (Wildman–Crippen MR) is 88.6 cm³/mol. The van der Waals surface area contributed by atoms with Crippen molar-refractivity contribution in [3.05, 3.63) is 37.8 Å². The lowest BCUT2D eigenvalue weighted by Gasteiger charge is -2.05. The molecule has 2 fully saturated rings. The number of hydrogen-bond donors (Lipinski definition) is 0. The third-order valence-electron chi connectivity index (χ3n) is 2.73. The molecule has 1 unspecified atom stereocenters. The molecule has 0 saturated carbocycles. The molecule has 0 radical (unpaired) electrons. The number of epoxide rings is 1. The normalized spacial score (nSPS) is 17.3. The Kier molecular flexibility index (Phi) is 10.9. The van der Waals surface area contributed by atoms with Crippen molar-refractivity contribution in [3.8, 4) is 0 Å². The van der Waals surface area contributed by atoms with E-state index in [1.54, 1.807) is 18.0 Å². The maximum atomic E-state index is 10.7. The third-order valence-corrected chi connectivity index (χ3v) is 2.73. The highest BCUT2D eigenvalue weighted by Crippen LogP contribution is 2.09. The second kappa shape index (κ2) is 12.1. The Morgan fingerprint density at radius 3 is 2.25 bits per heavy atom. The van der Waals surface area contributed by atoms with Gasteiger partial charge in [-0.05, 0) is 19.5 Å². The van der Waals surface area contributed by atoms with Gasteiger partial charge in [-0.1, -0.05) is 19.7 Å². The van der Waals surface area contributed by atoms with Crippen LogP contribution in [0.4, 0.5) is 0 Å².